The molecule has 24 heavy (non-hydrogen) atoms. The Kier molecular flexibility index (Phi) is 2.59. The average Bonchev–Trinajstić information content (AvgIpc) is 2.98. The SMILES string of the molecule is [2H]C1([2H])Oc2ccc(OC[C@]3([2H])C(c4ccc(F)cc4)C([2H])([2H])CNC3([2H])[2H])cc2O1. The summed E-state index contributed by atoms with van der Waals surface area (Å²) < 4.78 is 86.7. The minimum Gasteiger partial charge on any atom is -0.493 e. The van der Waals surface area contributed by atoms with Crippen molar-refractivity contribution in [2.75, 3.05) is 26.4 Å². The normalized spacial score (nSPS) is 36.0. The molecule has 2 aliphatic heterocycles. The smallest absolute Gasteiger partial charge is 0.231 e. The third-order valence-corrected chi connectivity index (χ3v) is 3.81. The second-order valence-corrected chi connectivity index (χ2v) is 5.38. The van der Waals surface area contributed by atoms with E-state index in [0.29, 0.717) is 0 Å². The summed E-state index contributed by atoms with van der Waals surface area (Å²) in [7, 11) is 0. The van der Waals surface area contributed by atoms with Crippen LogP contribution in [0.4, 0.5) is 4.39 Å². The molecule has 0 aromatic heterocycles. The number of ether oxygens (including phenoxy) is 3. The molecule has 0 aliphatic carbocycles. The summed E-state index contributed by atoms with van der Waals surface area (Å²) >= 11 is 0. The van der Waals surface area contributed by atoms with E-state index < -0.39 is 43.9 Å². The van der Waals surface area contributed by atoms with Gasteiger partial charge in [-0.1, -0.05) is 12.1 Å². The molecule has 1 N–H and O–H groups in total. The standard InChI is InChI=1S/C19H20FNO3/c20-15-3-1-13(2-4-15)17-7-8-21-10-14(17)11-22-16-5-6-18-19(9-16)24-12-23-18/h1-6,9,14,17,21H,7-8,10-12H2/t14-,17?/m1/s1/i7D2,10D2,12D2,14D. The van der Waals surface area contributed by atoms with Crippen molar-refractivity contribution in [1.29, 1.82) is 0 Å². The predicted molar refractivity (Wildman–Crippen MR) is 88.2 cm³/mol. The summed E-state index contributed by atoms with van der Waals surface area (Å²) in [6, 6.07) is 9.25. The Morgan fingerprint density at radius 3 is 2.92 bits per heavy atom. The highest BCUT2D eigenvalue weighted by atomic mass is 19.1. The van der Waals surface area contributed by atoms with Crippen molar-refractivity contribution in [3.05, 3.63) is 53.8 Å². The van der Waals surface area contributed by atoms with E-state index in [9.17, 15) is 4.39 Å². The van der Waals surface area contributed by atoms with Gasteiger partial charge in [-0.3, -0.25) is 0 Å². The maximum Gasteiger partial charge on any atom is 0.231 e. The molecule has 2 atom stereocenters. The summed E-state index contributed by atoms with van der Waals surface area (Å²) in [5.74, 6) is -3.47. The first-order chi connectivity index (χ1) is 14.3. The first-order valence-corrected chi connectivity index (χ1v) is 7.48. The van der Waals surface area contributed by atoms with E-state index >= 15 is 0 Å². The van der Waals surface area contributed by atoms with Gasteiger partial charge < -0.3 is 19.5 Å². The van der Waals surface area contributed by atoms with Gasteiger partial charge in [0.15, 0.2) is 11.5 Å². The summed E-state index contributed by atoms with van der Waals surface area (Å²) in [5, 5.41) is 2.46. The number of rotatable bonds is 4. The summed E-state index contributed by atoms with van der Waals surface area (Å²) in [6.07, 6.45) is -2.01. The van der Waals surface area contributed by atoms with E-state index in [0.717, 1.165) is 12.1 Å². The van der Waals surface area contributed by atoms with Crippen molar-refractivity contribution in [2.45, 2.75) is 12.3 Å². The van der Waals surface area contributed by atoms with Gasteiger partial charge >= 0.3 is 0 Å². The molecule has 0 amide bonds. The average molecular weight is 336 g/mol. The Bertz CT molecular complexity index is 989. The summed E-state index contributed by atoms with van der Waals surface area (Å²) in [6.45, 7) is -5.51. The molecule has 4 rings (SSSR count). The van der Waals surface area contributed by atoms with E-state index in [-0.39, 0.29) is 29.4 Å². The predicted octanol–water partition coefficient (Wildman–Crippen LogP) is 3.33. The fourth-order valence-corrected chi connectivity index (χ4v) is 2.61. The molecule has 126 valence electrons. The van der Waals surface area contributed by atoms with Gasteiger partial charge in [0, 0.05) is 25.3 Å². The minimum absolute atomic E-state index is 0.0942. The highest BCUT2D eigenvalue weighted by Gasteiger charge is 2.27. The highest BCUT2D eigenvalue weighted by molar-refractivity contribution is 5.46. The lowest BCUT2D eigenvalue weighted by molar-refractivity contribution is 0.173. The van der Waals surface area contributed by atoms with Crippen molar-refractivity contribution in [1.82, 2.24) is 5.32 Å². The molecule has 1 saturated heterocycles. The lowest BCUT2D eigenvalue weighted by Crippen LogP contribution is -2.38. The topological polar surface area (TPSA) is 39.7 Å². The minimum atomic E-state index is -2.33. The Morgan fingerprint density at radius 2 is 2.04 bits per heavy atom. The van der Waals surface area contributed by atoms with Gasteiger partial charge in [0.05, 0.1) is 6.61 Å². The molecule has 0 spiro atoms. The number of benzene rings is 2. The molecule has 0 saturated carbocycles. The van der Waals surface area contributed by atoms with Gasteiger partial charge in [-0.2, -0.15) is 0 Å². The van der Waals surface area contributed by atoms with E-state index in [1.807, 2.05) is 0 Å². The van der Waals surface area contributed by atoms with Crippen molar-refractivity contribution in [2.24, 2.45) is 5.89 Å². The van der Waals surface area contributed by atoms with Gasteiger partial charge in [0.1, 0.15) is 14.3 Å². The molecule has 1 fully saturated rings. The third-order valence-electron chi connectivity index (χ3n) is 3.81. The molecule has 2 heterocycles. The van der Waals surface area contributed by atoms with Crippen LogP contribution in [0.3, 0.4) is 0 Å². The van der Waals surface area contributed by atoms with Gasteiger partial charge in [-0.25, -0.2) is 4.39 Å². The van der Waals surface area contributed by atoms with Gasteiger partial charge in [-0.15, -0.1) is 0 Å². The van der Waals surface area contributed by atoms with Crippen LogP contribution in [0, 0.1) is 11.7 Å². The monoisotopic (exact) mass is 336 g/mol. The number of nitrogens with one attached hydrogen (secondary N) is 1. The van der Waals surface area contributed by atoms with Gasteiger partial charge in [0.2, 0.25) is 6.75 Å². The zero-order chi connectivity index (χ0) is 22.7. The maximum atomic E-state index is 13.4. The van der Waals surface area contributed by atoms with Crippen LogP contribution >= 0.6 is 0 Å². The molecular weight excluding hydrogens is 309 g/mol. The zero-order valence-corrected chi connectivity index (χ0v) is 12.6. The highest BCUT2D eigenvalue weighted by Crippen LogP contribution is 2.36. The summed E-state index contributed by atoms with van der Waals surface area (Å²) in [5.41, 5.74) is 0.286. The molecule has 0 bridgehead atoms. The van der Waals surface area contributed by atoms with E-state index in [1.54, 1.807) is 0 Å². The fourth-order valence-electron chi connectivity index (χ4n) is 2.61. The van der Waals surface area contributed by atoms with Crippen LogP contribution in [-0.2, 0) is 0 Å². The Labute approximate surface area is 150 Å². The number of hydrogen-bond acceptors (Lipinski definition) is 4. The second-order valence-electron chi connectivity index (χ2n) is 5.38. The van der Waals surface area contributed by atoms with E-state index in [1.165, 1.54) is 30.3 Å². The second kappa shape index (κ2) is 6.69. The zero-order valence-electron chi connectivity index (χ0n) is 19.6. The van der Waals surface area contributed by atoms with Crippen molar-refractivity contribution < 1.29 is 28.2 Å². The third kappa shape index (κ3) is 3.17. The van der Waals surface area contributed by atoms with Crippen LogP contribution < -0.4 is 19.5 Å². The van der Waals surface area contributed by atoms with Crippen LogP contribution in [-0.4, -0.2) is 26.4 Å². The largest absolute Gasteiger partial charge is 0.493 e. The van der Waals surface area contributed by atoms with Crippen LogP contribution in [0.15, 0.2) is 42.5 Å². The molecular formula is C19H20FNO3. The van der Waals surface area contributed by atoms with Crippen molar-refractivity contribution in [3.8, 4) is 17.2 Å². The number of halogens is 1. The number of hydrogen-bond donors (Lipinski definition) is 1. The van der Waals surface area contributed by atoms with Crippen LogP contribution in [0.1, 0.15) is 27.4 Å². The lowest BCUT2D eigenvalue weighted by atomic mass is 9.81. The lowest BCUT2D eigenvalue weighted by Gasteiger charge is -2.32. The molecule has 2 aromatic rings. The van der Waals surface area contributed by atoms with Crippen molar-refractivity contribution in [3.63, 3.8) is 0 Å². The van der Waals surface area contributed by atoms with E-state index in [2.05, 4.69) is 5.32 Å². The fraction of sp³-hybridized carbons (Fsp3) is 0.368. The molecule has 2 aromatic carbocycles. The van der Waals surface area contributed by atoms with Crippen LogP contribution in [0.5, 0.6) is 17.2 Å². The van der Waals surface area contributed by atoms with Crippen molar-refractivity contribution >= 4 is 0 Å². The Morgan fingerprint density at radius 1 is 1.21 bits per heavy atom. The van der Waals surface area contributed by atoms with Gasteiger partial charge in [-0.05, 0) is 48.7 Å². The van der Waals surface area contributed by atoms with Gasteiger partial charge in [0.25, 0.3) is 0 Å². The first kappa shape index (κ1) is 9.28. The van der Waals surface area contributed by atoms with Crippen LogP contribution in [0.25, 0.3) is 0 Å². The molecule has 5 heteroatoms. The Hall–Kier alpha value is -2.27. The molecule has 4 nitrogen and oxygen atoms in total. The van der Waals surface area contributed by atoms with Crippen LogP contribution in [0.2, 0.25) is 0 Å². The number of fused-ring (bicyclic) bond motifs is 1. The summed E-state index contributed by atoms with van der Waals surface area (Å²) in [4.78, 5) is 0. The van der Waals surface area contributed by atoms with E-state index in [4.69, 9.17) is 23.8 Å². The molecule has 0 radical (unpaired) electrons. The Balaban J connectivity index is 1.65. The molecule has 2 aliphatic rings. The quantitative estimate of drug-likeness (QED) is 0.930. The first-order valence-electron chi connectivity index (χ1n) is 11.0. The molecule has 1 unspecified atom stereocenters. The number of piperidine rings is 1. The maximum absolute atomic E-state index is 13.4.